The minimum atomic E-state index is 0.802. The zero-order chi connectivity index (χ0) is 27.6. The Balaban J connectivity index is 1.27. The van der Waals surface area contributed by atoms with Crippen LogP contribution in [0.3, 0.4) is 0 Å². The highest BCUT2D eigenvalue weighted by Crippen LogP contribution is 2.41. The number of para-hydroxylation sites is 1. The van der Waals surface area contributed by atoms with Crippen molar-refractivity contribution in [1.29, 1.82) is 0 Å². The van der Waals surface area contributed by atoms with Gasteiger partial charge in [-0.1, -0.05) is 91.0 Å². The maximum absolute atomic E-state index is 6.42. The molecule has 0 amide bonds. The molecular formula is C39H24N2O. The lowest BCUT2D eigenvalue weighted by atomic mass is 10.0. The number of furan rings is 1. The highest BCUT2D eigenvalue weighted by molar-refractivity contribution is 6.09. The van der Waals surface area contributed by atoms with Gasteiger partial charge in [0, 0.05) is 33.9 Å². The summed E-state index contributed by atoms with van der Waals surface area (Å²) in [6.07, 6.45) is 0. The number of aromatic nitrogens is 1. The van der Waals surface area contributed by atoms with Gasteiger partial charge in [-0.15, -0.1) is 0 Å². The molecule has 7 aromatic carbocycles. The van der Waals surface area contributed by atoms with E-state index in [9.17, 15) is 0 Å². The second kappa shape index (κ2) is 8.92. The Morgan fingerprint density at radius 1 is 0.405 bits per heavy atom. The Morgan fingerprint density at radius 2 is 1.00 bits per heavy atom. The quantitative estimate of drug-likeness (QED) is 0.210. The molecule has 9 aromatic rings. The van der Waals surface area contributed by atoms with Crippen LogP contribution in [0.4, 0.5) is 17.1 Å². The number of benzene rings is 7. The van der Waals surface area contributed by atoms with Gasteiger partial charge in [-0.25, -0.2) is 4.98 Å². The van der Waals surface area contributed by atoms with Crippen molar-refractivity contribution < 1.29 is 4.42 Å². The second-order valence-corrected chi connectivity index (χ2v) is 10.9. The van der Waals surface area contributed by atoms with E-state index in [1.807, 2.05) is 18.2 Å². The van der Waals surface area contributed by atoms with Crippen molar-refractivity contribution in [2.24, 2.45) is 0 Å². The lowest BCUT2D eigenvalue weighted by molar-refractivity contribution is 0.669. The summed E-state index contributed by atoms with van der Waals surface area (Å²) in [5.41, 5.74) is 6.70. The van der Waals surface area contributed by atoms with Crippen LogP contribution in [-0.2, 0) is 0 Å². The van der Waals surface area contributed by atoms with Gasteiger partial charge in [0.2, 0.25) is 0 Å². The monoisotopic (exact) mass is 536 g/mol. The third-order valence-corrected chi connectivity index (χ3v) is 8.37. The number of anilines is 3. The van der Waals surface area contributed by atoms with E-state index in [0.717, 1.165) is 50.0 Å². The van der Waals surface area contributed by atoms with Gasteiger partial charge in [-0.3, -0.25) is 0 Å². The number of fused-ring (bicyclic) bond motifs is 8. The van der Waals surface area contributed by atoms with Crippen LogP contribution in [-0.4, -0.2) is 4.98 Å². The molecule has 0 bridgehead atoms. The number of rotatable bonds is 3. The van der Waals surface area contributed by atoms with Gasteiger partial charge in [0.05, 0.1) is 5.52 Å². The molecule has 0 aliphatic heterocycles. The predicted octanol–water partition coefficient (Wildman–Crippen LogP) is 11.1. The van der Waals surface area contributed by atoms with Crippen molar-refractivity contribution in [3.8, 4) is 0 Å². The Bertz CT molecular complexity index is 2490. The highest BCUT2D eigenvalue weighted by Gasteiger charge is 2.17. The molecule has 3 nitrogen and oxygen atoms in total. The van der Waals surface area contributed by atoms with Crippen LogP contribution in [0.15, 0.2) is 150 Å². The largest absolute Gasteiger partial charge is 0.454 e. The van der Waals surface area contributed by atoms with E-state index in [4.69, 9.17) is 9.40 Å². The van der Waals surface area contributed by atoms with Crippen molar-refractivity contribution >= 4 is 82.4 Å². The van der Waals surface area contributed by atoms with Crippen molar-refractivity contribution in [3.63, 3.8) is 0 Å². The maximum Gasteiger partial charge on any atom is 0.154 e. The number of hydrogen-bond donors (Lipinski definition) is 0. The van der Waals surface area contributed by atoms with E-state index in [-0.39, 0.29) is 0 Å². The summed E-state index contributed by atoms with van der Waals surface area (Å²) in [5.74, 6) is 0. The van der Waals surface area contributed by atoms with Crippen LogP contribution in [0.2, 0.25) is 0 Å². The fourth-order valence-corrected chi connectivity index (χ4v) is 6.32. The van der Waals surface area contributed by atoms with Crippen molar-refractivity contribution in [1.82, 2.24) is 4.98 Å². The number of nitrogens with zero attached hydrogens (tertiary/aromatic N) is 2. The molecule has 0 N–H and O–H groups in total. The summed E-state index contributed by atoms with van der Waals surface area (Å²) in [6.45, 7) is 0. The number of hydrogen-bond acceptors (Lipinski definition) is 3. The molecular weight excluding hydrogens is 512 g/mol. The van der Waals surface area contributed by atoms with Crippen molar-refractivity contribution in [3.05, 3.63) is 146 Å². The zero-order valence-electron chi connectivity index (χ0n) is 22.7. The highest BCUT2D eigenvalue weighted by atomic mass is 16.3. The molecule has 3 heteroatoms. The van der Waals surface area contributed by atoms with Crippen LogP contribution in [0.25, 0.3) is 65.3 Å². The Hall–Kier alpha value is -5.67. The standard InChI is InChI=1S/C39H24N2O/c1-2-9-27-21-30(16-15-25(27)7-1)41(31-17-19-34-28(22-31)14-13-26-8-3-5-11-33(26)34)32-18-20-35-37(24-32)42-38-23-29-10-4-6-12-36(29)40-39(35)38/h1-24H. The average Bonchev–Trinajstić information content (AvgIpc) is 3.40. The molecule has 0 aliphatic carbocycles. The van der Waals surface area contributed by atoms with E-state index in [0.29, 0.717) is 0 Å². The predicted molar refractivity (Wildman–Crippen MR) is 176 cm³/mol. The van der Waals surface area contributed by atoms with E-state index >= 15 is 0 Å². The van der Waals surface area contributed by atoms with Crippen LogP contribution < -0.4 is 4.90 Å². The lowest BCUT2D eigenvalue weighted by Gasteiger charge is -2.26. The first-order chi connectivity index (χ1) is 20.8. The van der Waals surface area contributed by atoms with Crippen LogP contribution in [0, 0.1) is 0 Å². The van der Waals surface area contributed by atoms with Crippen molar-refractivity contribution in [2.75, 3.05) is 4.90 Å². The maximum atomic E-state index is 6.42. The summed E-state index contributed by atoms with van der Waals surface area (Å²) >= 11 is 0. The topological polar surface area (TPSA) is 29.3 Å². The van der Waals surface area contributed by atoms with Gasteiger partial charge >= 0.3 is 0 Å². The first kappa shape index (κ1) is 23.1. The van der Waals surface area contributed by atoms with Gasteiger partial charge in [-0.05, 0) is 80.8 Å². The Morgan fingerprint density at radius 3 is 1.88 bits per heavy atom. The van der Waals surface area contributed by atoms with E-state index in [1.165, 1.54) is 32.3 Å². The summed E-state index contributed by atoms with van der Waals surface area (Å²) in [4.78, 5) is 7.26. The summed E-state index contributed by atoms with van der Waals surface area (Å²) < 4.78 is 6.42. The minimum absolute atomic E-state index is 0.802. The van der Waals surface area contributed by atoms with Crippen LogP contribution in [0.5, 0.6) is 0 Å². The molecule has 9 rings (SSSR count). The lowest BCUT2D eigenvalue weighted by Crippen LogP contribution is -2.09. The molecule has 2 aromatic heterocycles. The fraction of sp³-hybridized carbons (Fsp3) is 0. The summed E-state index contributed by atoms with van der Waals surface area (Å²) in [6, 6.07) is 51.6. The van der Waals surface area contributed by atoms with Gasteiger partial charge in [0.25, 0.3) is 0 Å². The summed E-state index contributed by atoms with van der Waals surface area (Å²) in [7, 11) is 0. The number of pyridine rings is 1. The average molecular weight is 537 g/mol. The molecule has 0 saturated carbocycles. The Labute approximate surface area is 241 Å². The minimum Gasteiger partial charge on any atom is -0.454 e. The first-order valence-electron chi connectivity index (χ1n) is 14.2. The summed E-state index contributed by atoms with van der Waals surface area (Å²) in [5, 5.41) is 9.49. The molecule has 0 saturated heterocycles. The van der Waals surface area contributed by atoms with E-state index in [2.05, 4.69) is 132 Å². The van der Waals surface area contributed by atoms with Crippen molar-refractivity contribution in [2.45, 2.75) is 0 Å². The fourth-order valence-electron chi connectivity index (χ4n) is 6.32. The van der Waals surface area contributed by atoms with Gasteiger partial charge in [0.1, 0.15) is 11.1 Å². The van der Waals surface area contributed by atoms with Gasteiger partial charge in [0.15, 0.2) is 5.58 Å². The Kier molecular flexibility index (Phi) is 4.90. The zero-order valence-corrected chi connectivity index (χ0v) is 22.7. The molecule has 0 fully saturated rings. The molecule has 0 spiro atoms. The van der Waals surface area contributed by atoms with Crippen LogP contribution >= 0.6 is 0 Å². The third kappa shape index (κ3) is 3.57. The molecule has 196 valence electrons. The second-order valence-electron chi connectivity index (χ2n) is 10.9. The smallest absolute Gasteiger partial charge is 0.154 e. The molecule has 0 atom stereocenters. The normalized spacial score (nSPS) is 11.8. The SMILES string of the molecule is c1ccc2cc(N(c3ccc4c(ccc5ccccc54)c3)c3ccc4c(c3)oc3cc5ccccc5nc34)ccc2c1. The molecule has 0 unspecified atom stereocenters. The van der Waals surface area contributed by atoms with Crippen LogP contribution in [0.1, 0.15) is 0 Å². The molecule has 2 heterocycles. The van der Waals surface area contributed by atoms with Gasteiger partial charge in [-0.2, -0.15) is 0 Å². The van der Waals surface area contributed by atoms with E-state index < -0.39 is 0 Å². The third-order valence-electron chi connectivity index (χ3n) is 8.37. The van der Waals surface area contributed by atoms with E-state index in [1.54, 1.807) is 0 Å². The molecule has 42 heavy (non-hydrogen) atoms. The first-order valence-corrected chi connectivity index (χ1v) is 14.2. The molecule has 0 aliphatic rings. The van der Waals surface area contributed by atoms with Gasteiger partial charge < -0.3 is 9.32 Å². The molecule has 0 radical (unpaired) electrons.